The average molecular weight is 218 g/mol. The number of hydrogen-bond donors (Lipinski definition) is 0. The fourth-order valence-electron chi connectivity index (χ4n) is 1.55. The number of hydrogen-bond acceptors (Lipinski definition) is 2. The first-order chi connectivity index (χ1) is 7.59. The first-order valence-electron chi connectivity index (χ1n) is 5.46. The number of aryl methyl sites for hydroxylation is 1. The van der Waals surface area contributed by atoms with E-state index in [4.69, 9.17) is 4.74 Å². The number of rotatable bonds is 5. The summed E-state index contributed by atoms with van der Waals surface area (Å²) in [5.74, 6) is -0.249. The fourth-order valence-corrected chi connectivity index (χ4v) is 1.55. The van der Waals surface area contributed by atoms with Gasteiger partial charge in [-0.05, 0) is 30.9 Å². The van der Waals surface area contributed by atoms with Crippen LogP contribution in [0, 0.1) is 0 Å². The molecule has 86 valence electrons. The molecular weight excluding hydrogens is 200 g/mol. The molecule has 0 saturated heterocycles. The van der Waals surface area contributed by atoms with E-state index in [9.17, 15) is 4.79 Å². The molecule has 0 saturated carbocycles. The Labute approximate surface area is 96.9 Å². The van der Waals surface area contributed by atoms with Crippen molar-refractivity contribution in [3.63, 3.8) is 0 Å². The Morgan fingerprint density at radius 3 is 2.44 bits per heavy atom. The third-order valence-electron chi connectivity index (χ3n) is 2.40. The number of ether oxygens (including phenoxy) is 1. The summed E-state index contributed by atoms with van der Waals surface area (Å²) in [5.41, 5.74) is 2.15. The zero-order valence-corrected chi connectivity index (χ0v) is 9.90. The second-order valence-electron chi connectivity index (χ2n) is 3.97. The molecule has 1 aromatic carbocycles. The summed E-state index contributed by atoms with van der Waals surface area (Å²) in [6.07, 6.45) is 1.52. The molecule has 0 fully saturated rings. The fraction of sp³-hybridized carbons (Fsp3) is 0.357. The molecule has 0 radical (unpaired) electrons. The highest BCUT2D eigenvalue weighted by Gasteiger charge is 2.12. The average Bonchev–Trinajstić information content (AvgIpc) is 2.25. The zero-order valence-electron chi connectivity index (χ0n) is 9.90. The molecule has 0 aliphatic carbocycles. The van der Waals surface area contributed by atoms with Gasteiger partial charge < -0.3 is 4.74 Å². The van der Waals surface area contributed by atoms with Crippen molar-refractivity contribution in [2.45, 2.75) is 32.8 Å². The van der Waals surface area contributed by atoms with Crippen molar-refractivity contribution in [1.82, 2.24) is 0 Å². The van der Waals surface area contributed by atoms with Crippen LogP contribution < -0.4 is 0 Å². The highest BCUT2D eigenvalue weighted by molar-refractivity contribution is 5.66. The lowest BCUT2D eigenvalue weighted by atomic mass is 10.0. The van der Waals surface area contributed by atoms with Crippen molar-refractivity contribution < 1.29 is 9.53 Å². The predicted molar refractivity (Wildman–Crippen MR) is 65.1 cm³/mol. The molecule has 0 bridgehead atoms. The summed E-state index contributed by atoms with van der Waals surface area (Å²) < 4.78 is 5.20. The van der Waals surface area contributed by atoms with Crippen molar-refractivity contribution in [2.75, 3.05) is 0 Å². The maximum atomic E-state index is 10.9. The summed E-state index contributed by atoms with van der Waals surface area (Å²) in [5, 5.41) is 0. The maximum absolute atomic E-state index is 10.9. The largest absolute Gasteiger partial charge is 0.458 e. The van der Waals surface area contributed by atoms with Crippen molar-refractivity contribution in [3.8, 4) is 0 Å². The molecule has 2 nitrogen and oxygen atoms in total. The molecule has 0 aliphatic heterocycles. The van der Waals surface area contributed by atoms with Crippen LogP contribution in [0.5, 0.6) is 0 Å². The minimum absolute atomic E-state index is 0.169. The minimum atomic E-state index is -0.249. The lowest BCUT2D eigenvalue weighted by molar-refractivity contribution is -0.144. The minimum Gasteiger partial charge on any atom is -0.458 e. The van der Waals surface area contributed by atoms with E-state index in [-0.39, 0.29) is 12.1 Å². The molecule has 1 aromatic rings. The third kappa shape index (κ3) is 4.30. The van der Waals surface area contributed by atoms with Gasteiger partial charge in [-0.15, -0.1) is 0 Å². The first kappa shape index (κ1) is 12.5. The SMILES string of the molecule is C=C(C)C(CCc1ccccc1)OC(C)=O. The Kier molecular flexibility index (Phi) is 4.77. The van der Waals surface area contributed by atoms with Gasteiger partial charge >= 0.3 is 5.97 Å². The molecule has 1 rings (SSSR count). The van der Waals surface area contributed by atoms with E-state index >= 15 is 0 Å². The summed E-state index contributed by atoms with van der Waals surface area (Å²) in [6.45, 7) is 7.16. The van der Waals surface area contributed by atoms with Gasteiger partial charge in [-0.2, -0.15) is 0 Å². The van der Waals surface area contributed by atoms with Gasteiger partial charge in [0.2, 0.25) is 0 Å². The van der Waals surface area contributed by atoms with E-state index in [0.717, 1.165) is 18.4 Å². The number of carbonyl (C=O) groups excluding carboxylic acids is 1. The summed E-state index contributed by atoms with van der Waals surface area (Å²) in [4.78, 5) is 10.9. The Hall–Kier alpha value is -1.57. The monoisotopic (exact) mass is 218 g/mol. The quantitative estimate of drug-likeness (QED) is 0.560. The molecule has 0 amide bonds. The van der Waals surface area contributed by atoms with Crippen molar-refractivity contribution in [2.24, 2.45) is 0 Å². The van der Waals surface area contributed by atoms with Crippen LogP contribution in [0.1, 0.15) is 25.8 Å². The van der Waals surface area contributed by atoms with Crippen LogP contribution in [-0.4, -0.2) is 12.1 Å². The second kappa shape index (κ2) is 6.11. The number of esters is 1. The molecule has 16 heavy (non-hydrogen) atoms. The van der Waals surface area contributed by atoms with Gasteiger partial charge in [-0.3, -0.25) is 4.79 Å². The molecule has 0 heterocycles. The van der Waals surface area contributed by atoms with Crippen LogP contribution in [0.25, 0.3) is 0 Å². The molecular formula is C14H18O2. The second-order valence-corrected chi connectivity index (χ2v) is 3.97. The van der Waals surface area contributed by atoms with Crippen molar-refractivity contribution >= 4 is 5.97 Å². The van der Waals surface area contributed by atoms with Crippen molar-refractivity contribution in [1.29, 1.82) is 0 Å². The van der Waals surface area contributed by atoms with E-state index in [1.807, 2.05) is 25.1 Å². The Bertz CT molecular complexity index is 354. The maximum Gasteiger partial charge on any atom is 0.303 e. The summed E-state index contributed by atoms with van der Waals surface area (Å²) in [6, 6.07) is 10.2. The predicted octanol–water partition coefficient (Wildman–Crippen LogP) is 3.13. The van der Waals surface area contributed by atoms with Crippen LogP contribution in [-0.2, 0) is 16.0 Å². The normalized spacial score (nSPS) is 11.9. The first-order valence-corrected chi connectivity index (χ1v) is 5.46. The molecule has 0 spiro atoms. The Morgan fingerprint density at radius 2 is 1.94 bits per heavy atom. The van der Waals surface area contributed by atoms with Gasteiger partial charge in [0.15, 0.2) is 0 Å². The third-order valence-corrected chi connectivity index (χ3v) is 2.40. The molecule has 1 atom stereocenters. The van der Waals surface area contributed by atoms with Gasteiger partial charge in [0.1, 0.15) is 6.10 Å². The van der Waals surface area contributed by atoms with Crippen LogP contribution in [0.3, 0.4) is 0 Å². The van der Waals surface area contributed by atoms with Gasteiger partial charge in [-0.1, -0.05) is 36.9 Å². The summed E-state index contributed by atoms with van der Waals surface area (Å²) >= 11 is 0. The highest BCUT2D eigenvalue weighted by atomic mass is 16.5. The Balaban J connectivity index is 2.50. The molecule has 0 aliphatic rings. The van der Waals surface area contributed by atoms with Gasteiger partial charge in [0.05, 0.1) is 0 Å². The zero-order chi connectivity index (χ0) is 12.0. The molecule has 2 heteroatoms. The van der Waals surface area contributed by atoms with Gasteiger partial charge in [0, 0.05) is 6.92 Å². The smallest absolute Gasteiger partial charge is 0.303 e. The van der Waals surface area contributed by atoms with E-state index in [1.54, 1.807) is 0 Å². The Morgan fingerprint density at radius 1 is 1.31 bits per heavy atom. The van der Waals surface area contributed by atoms with Crippen molar-refractivity contribution in [3.05, 3.63) is 48.0 Å². The van der Waals surface area contributed by atoms with Crippen LogP contribution in [0.15, 0.2) is 42.5 Å². The van der Waals surface area contributed by atoms with E-state index in [0.29, 0.717) is 0 Å². The number of carbonyl (C=O) groups is 1. The summed E-state index contributed by atoms with van der Waals surface area (Å²) in [7, 11) is 0. The van der Waals surface area contributed by atoms with E-state index < -0.39 is 0 Å². The van der Waals surface area contributed by atoms with Crippen LogP contribution in [0.2, 0.25) is 0 Å². The molecule has 0 N–H and O–H groups in total. The van der Waals surface area contributed by atoms with Gasteiger partial charge in [-0.25, -0.2) is 0 Å². The topological polar surface area (TPSA) is 26.3 Å². The standard InChI is InChI=1S/C14H18O2/c1-11(2)14(16-12(3)15)10-9-13-7-5-4-6-8-13/h4-8,14H,1,9-10H2,2-3H3. The van der Waals surface area contributed by atoms with Crippen LogP contribution >= 0.6 is 0 Å². The van der Waals surface area contributed by atoms with Gasteiger partial charge in [0.25, 0.3) is 0 Å². The molecule has 0 aromatic heterocycles. The highest BCUT2D eigenvalue weighted by Crippen LogP contribution is 2.13. The lowest BCUT2D eigenvalue weighted by Crippen LogP contribution is -2.18. The van der Waals surface area contributed by atoms with E-state index in [2.05, 4.69) is 18.7 Å². The van der Waals surface area contributed by atoms with Crippen LogP contribution in [0.4, 0.5) is 0 Å². The molecule has 1 unspecified atom stereocenters. The van der Waals surface area contributed by atoms with E-state index in [1.165, 1.54) is 12.5 Å². The number of benzene rings is 1. The lowest BCUT2D eigenvalue weighted by Gasteiger charge is -2.16.